The van der Waals surface area contributed by atoms with Crippen LogP contribution in [-0.4, -0.2) is 14.9 Å². The smallest absolute Gasteiger partial charge is 0.157 e. The number of benzene rings is 1. The Hall–Kier alpha value is -1.77. The number of aromatic nitrogens is 2. The van der Waals surface area contributed by atoms with E-state index in [0.717, 1.165) is 11.4 Å². The van der Waals surface area contributed by atoms with Gasteiger partial charge in [-0.15, -0.1) is 0 Å². The molecule has 1 aromatic carbocycles. The molecule has 0 unspecified atom stereocenters. The lowest BCUT2D eigenvalue weighted by Crippen LogP contribution is -2.12. The number of nitrogens with zero attached hydrogens (tertiary/aromatic N) is 2. The van der Waals surface area contributed by atoms with Gasteiger partial charge in [0.25, 0.3) is 0 Å². The van der Waals surface area contributed by atoms with Gasteiger partial charge in [0, 0.05) is 5.41 Å². The highest BCUT2D eigenvalue weighted by molar-refractivity contribution is 5.38. The van der Waals surface area contributed by atoms with Gasteiger partial charge in [-0.05, 0) is 19.1 Å². The summed E-state index contributed by atoms with van der Waals surface area (Å²) in [5, 5.41) is 14.3. The molecule has 2 aromatic rings. The minimum atomic E-state index is -0.153. The summed E-state index contributed by atoms with van der Waals surface area (Å²) in [6.07, 6.45) is 1.66. The Morgan fingerprint density at radius 3 is 2.18 bits per heavy atom. The van der Waals surface area contributed by atoms with Gasteiger partial charge in [-0.25, -0.2) is 4.68 Å². The summed E-state index contributed by atoms with van der Waals surface area (Å²) in [6.45, 7) is 8.16. The number of rotatable bonds is 1. The van der Waals surface area contributed by atoms with Crippen LogP contribution in [0, 0.1) is 6.92 Å². The summed E-state index contributed by atoms with van der Waals surface area (Å²) < 4.78 is 1.72. The predicted molar refractivity (Wildman–Crippen MR) is 68.7 cm³/mol. The maximum absolute atomic E-state index is 9.90. The van der Waals surface area contributed by atoms with E-state index in [0.29, 0.717) is 0 Å². The molecule has 17 heavy (non-hydrogen) atoms. The van der Waals surface area contributed by atoms with Crippen molar-refractivity contribution >= 4 is 0 Å². The minimum Gasteiger partial charge on any atom is -0.504 e. The van der Waals surface area contributed by atoms with Crippen molar-refractivity contribution < 1.29 is 5.11 Å². The van der Waals surface area contributed by atoms with Gasteiger partial charge < -0.3 is 5.11 Å². The molecule has 1 heterocycles. The van der Waals surface area contributed by atoms with E-state index in [1.807, 2.05) is 52.0 Å². The molecule has 0 saturated heterocycles. The second kappa shape index (κ2) is 3.91. The van der Waals surface area contributed by atoms with Gasteiger partial charge in [-0.1, -0.05) is 38.5 Å². The zero-order valence-corrected chi connectivity index (χ0v) is 10.7. The fraction of sp³-hybridized carbons (Fsp3) is 0.357. The first kappa shape index (κ1) is 11.7. The predicted octanol–water partition coefficient (Wildman–Crippen LogP) is 3.18. The third-order valence-corrected chi connectivity index (χ3v) is 2.70. The zero-order valence-electron chi connectivity index (χ0n) is 10.7. The van der Waals surface area contributed by atoms with Gasteiger partial charge in [0.15, 0.2) is 5.75 Å². The normalized spacial score (nSPS) is 11.8. The second-order valence-corrected chi connectivity index (χ2v) is 5.39. The van der Waals surface area contributed by atoms with Crippen molar-refractivity contribution in [3.05, 3.63) is 41.7 Å². The molecule has 90 valence electrons. The first-order valence-electron chi connectivity index (χ1n) is 5.74. The van der Waals surface area contributed by atoms with Gasteiger partial charge in [0.1, 0.15) is 5.69 Å². The molecule has 2 rings (SSSR count). The monoisotopic (exact) mass is 230 g/mol. The first-order chi connectivity index (χ1) is 7.88. The summed E-state index contributed by atoms with van der Waals surface area (Å²) in [6, 6.07) is 8.05. The SMILES string of the molecule is Cc1ccc(-n2cc(O)c(C(C)(C)C)n2)cc1. The molecule has 0 saturated carbocycles. The van der Waals surface area contributed by atoms with Gasteiger partial charge in [0.2, 0.25) is 0 Å². The van der Waals surface area contributed by atoms with E-state index in [-0.39, 0.29) is 11.2 Å². The summed E-state index contributed by atoms with van der Waals surface area (Å²) in [5.74, 6) is 0.248. The average Bonchev–Trinajstić information content (AvgIpc) is 2.61. The lowest BCUT2D eigenvalue weighted by molar-refractivity contribution is 0.444. The molecule has 0 fully saturated rings. The molecule has 0 aliphatic heterocycles. The Bertz CT molecular complexity index is 518. The van der Waals surface area contributed by atoms with E-state index in [9.17, 15) is 5.11 Å². The Morgan fingerprint density at radius 2 is 1.71 bits per heavy atom. The summed E-state index contributed by atoms with van der Waals surface area (Å²) in [4.78, 5) is 0. The van der Waals surface area contributed by atoms with E-state index < -0.39 is 0 Å². The van der Waals surface area contributed by atoms with E-state index in [1.165, 1.54) is 5.56 Å². The molecule has 0 aliphatic carbocycles. The van der Waals surface area contributed by atoms with Crippen molar-refractivity contribution in [2.75, 3.05) is 0 Å². The van der Waals surface area contributed by atoms with Crippen LogP contribution >= 0.6 is 0 Å². The van der Waals surface area contributed by atoms with Gasteiger partial charge in [-0.2, -0.15) is 5.10 Å². The quantitative estimate of drug-likeness (QED) is 0.817. The van der Waals surface area contributed by atoms with Crippen molar-refractivity contribution in [2.45, 2.75) is 33.1 Å². The van der Waals surface area contributed by atoms with Crippen molar-refractivity contribution in [3.63, 3.8) is 0 Å². The van der Waals surface area contributed by atoms with Crippen LogP contribution in [0.2, 0.25) is 0 Å². The summed E-state index contributed by atoms with van der Waals surface area (Å²) >= 11 is 0. The fourth-order valence-corrected chi connectivity index (χ4v) is 1.73. The van der Waals surface area contributed by atoms with Crippen LogP contribution in [0.3, 0.4) is 0 Å². The van der Waals surface area contributed by atoms with E-state index in [1.54, 1.807) is 10.9 Å². The van der Waals surface area contributed by atoms with Crippen LogP contribution < -0.4 is 0 Å². The topological polar surface area (TPSA) is 38.0 Å². The van der Waals surface area contributed by atoms with E-state index in [4.69, 9.17) is 0 Å². The van der Waals surface area contributed by atoms with Gasteiger partial charge in [-0.3, -0.25) is 0 Å². The van der Waals surface area contributed by atoms with Crippen LogP contribution in [0.15, 0.2) is 30.5 Å². The number of aryl methyl sites for hydroxylation is 1. The molecule has 0 radical (unpaired) electrons. The largest absolute Gasteiger partial charge is 0.504 e. The minimum absolute atomic E-state index is 0.153. The third kappa shape index (κ3) is 2.33. The molecule has 0 aliphatic rings. The molecule has 0 spiro atoms. The van der Waals surface area contributed by atoms with Crippen molar-refractivity contribution in [1.82, 2.24) is 9.78 Å². The van der Waals surface area contributed by atoms with Crippen molar-refractivity contribution in [3.8, 4) is 11.4 Å². The molecule has 0 atom stereocenters. The highest BCUT2D eigenvalue weighted by Gasteiger charge is 2.22. The maximum Gasteiger partial charge on any atom is 0.157 e. The molecule has 0 bridgehead atoms. The maximum atomic E-state index is 9.90. The van der Waals surface area contributed by atoms with Crippen LogP contribution in [-0.2, 0) is 5.41 Å². The fourth-order valence-electron chi connectivity index (χ4n) is 1.73. The molecule has 3 nitrogen and oxygen atoms in total. The van der Waals surface area contributed by atoms with E-state index >= 15 is 0 Å². The number of hydrogen-bond acceptors (Lipinski definition) is 2. The molecule has 3 heteroatoms. The molecule has 0 amide bonds. The Labute approximate surface area is 102 Å². The van der Waals surface area contributed by atoms with Gasteiger partial charge >= 0.3 is 0 Å². The number of aromatic hydroxyl groups is 1. The Kier molecular flexibility index (Phi) is 2.69. The first-order valence-corrected chi connectivity index (χ1v) is 5.74. The Balaban J connectivity index is 2.45. The van der Waals surface area contributed by atoms with Crippen LogP contribution in [0.25, 0.3) is 5.69 Å². The highest BCUT2D eigenvalue weighted by atomic mass is 16.3. The standard InChI is InChI=1S/C14H18N2O/c1-10-5-7-11(8-6-10)16-9-12(17)13(15-16)14(2,3)4/h5-9,17H,1-4H3. The molecular formula is C14H18N2O. The van der Waals surface area contributed by atoms with Gasteiger partial charge in [0.05, 0.1) is 11.9 Å². The highest BCUT2D eigenvalue weighted by Crippen LogP contribution is 2.29. The lowest BCUT2D eigenvalue weighted by atomic mass is 9.92. The average molecular weight is 230 g/mol. The van der Waals surface area contributed by atoms with Crippen LogP contribution in [0.4, 0.5) is 0 Å². The Morgan fingerprint density at radius 1 is 1.12 bits per heavy atom. The van der Waals surface area contributed by atoms with Crippen LogP contribution in [0.1, 0.15) is 32.0 Å². The third-order valence-electron chi connectivity index (χ3n) is 2.70. The lowest BCUT2D eigenvalue weighted by Gasteiger charge is -2.14. The van der Waals surface area contributed by atoms with E-state index in [2.05, 4.69) is 5.10 Å². The molecule has 1 N–H and O–H groups in total. The zero-order chi connectivity index (χ0) is 12.6. The summed E-state index contributed by atoms with van der Waals surface area (Å²) in [7, 11) is 0. The molecular weight excluding hydrogens is 212 g/mol. The molecule has 1 aromatic heterocycles. The van der Waals surface area contributed by atoms with Crippen molar-refractivity contribution in [2.24, 2.45) is 0 Å². The van der Waals surface area contributed by atoms with Crippen molar-refractivity contribution in [1.29, 1.82) is 0 Å². The second-order valence-electron chi connectivity index (χ2n) is 5.39. The summed E-state index contributed by atoms with van der Waals surface area (Å²) in [5.41, 5.74) is 2.74. The van der Waals surface area contributed by atoms with Crippen LogP contribution in [0.5, 0.6) is 5.75 Å². The number of hydrogen-bond donors (Lipinski definition) is 1.